The van der Waals surface area contributed by atoms with Crippen LogP contribution in [0.15, 0.2) is 28.8 Å². The highest BCUT2D eigenvalue weighted by Gasteiger charge is 2.16. The first-order valence-electron chi connectivity index (χ1n) is 3.85. The van der Waals surface area contributed by atoms with Crippen molar-refractivity contribution < 1.29 is 8.91 Å². The Morgan fingerprint density at radius 2 is 2.07 bits per heavy atom. The van der Waals surface area contributed by atoms with Gasteiger partial charge in [-0.1, -0.05) is 35.0 Å². The molecule has 0 radical (unpaired) electrons. The van der Waals surface area contributed by atoms with Crippen LogP contribution < -0.4 is 5.73 Å². The number of hydrogen-bond donors (Lipinski definition) is 1. The highest BCUT2D eigenvalue weighted by Crippen LogP contribution is 2.34. The van der Waals surface area contributed by atoms with E-state index in [0.717, 1.165) is 0 Å². The molecular weight excluding hydrogens is 207 g/mol. The molecule has 2 rings (SSSR count). The van der Waals surface area contributed by atoms with E-state index in [2.05, 4.69) is 9.68 Å². The maximum atomic E-state index is 13.3. The third-order valence-electron chi connectivity index (χ3n) is 1.82. The summed E-state index contributed by atoms with van der Waals surface area (Å²) in [5.74, 6) is -0.399. The Kier molecular flexibility index (Phi) is 2.13. The van der Waals surface area contributed by atoms with Crippen molar-refractivity contribution in [1.29, 1.82) is 0 Å². The number of halogens is 2. The molecule has 0 aliphatic rings. The maximum absolute atomic E-state index is 13.3. The van der Waals surface area contributed by atoms with Crippen LogP contribution in [0.3, 0.4) is 0 Å². The van der Waals surface area contributed by atoms with E-state index < -0.39 is 5.82 Å². The zero-order chi connectivity index (χ0) is 10.1. The van der Waals surface area contributed by atoms with Crippen molar-refractivity contribution >= 4 is 17.5 Å². The number of rotatable bonds is 1. The molecule has 0 unspecified atom stereocenters. The van der Waals surface area contributed by atoms with E-state index in [1.807, 2.05) is 0 Å². The van der Waals surface area contributed by atoms with Crippen molar-refractivity contribution in [3.8, 4) is 11.1 Å². The highest BCUT2D eigenvalue weighted by atomic mass is 35.5. The summed E-state index contributed by atoms with van der Waals surface area (Å²) < 4.78 is 18.0. The minimum Gasteiger partial charge on any atom is -0.367 e. The number of nitrogen functional groups attached to an aromatic ring is 1. The zero-order valence-electron chi connectivity index (χ0n) is 7.00. The summed E-state index contributed by atoms with van der Waals surface area (Å²) in [6.07, 6.45) is 0. The van der Waals surface area contributed by atoms with Gasteiger partial charge in [-0.3, -0.25) is 0 Å². The third-order valence-corrected chi connectivity index (χ3v) is 2.08. The minimum absolute atomic E-state index is 0.0140. The average Bonchev–Trinajstić information content (AvgIpc) is 2.48. The summed E-state index contributed by atoms with van der Waals surface area (Å²) in [7, 11) is 0. The van der Waals surface area contributed by atoms with Gasteiger partial charge in [0.2, 0.25) is 5.88 Å². The van der Waals surface area contributed by atoms with E-state index in [4.69, 9.17) is 17.3 Å². The van der Waals surface area contributed by atoms with Gasteiger partial charge in [0.15, 0.2) is 5.15 Å². The van der Waals surface area contributed by atoms with Crippen molar-refractivity contribution in [3.63, 3.8) is 0 Å². The van der Waals surface area contributed by atoms with Crippen molar-refractivity contribution in [3.05, 3.63) is 35.2 Å². The zero-order valence-corrected chi connectivity index (χ0v) is 7.75. The Morgan fingerprint density at radius 1 is 1.36 bits per heavy atom. The maximum Gasteiger partial charge on any atom is 0.231 e. The summed E-state index contributed by atoms with van der Waals surface area (Å²) in [5.41, 5.74) is 6.05. The van der Waals surface area contributed by atoms with Gasteiger partial charge in [0.1, 0.15) is 5.82 Å². The van der Waals surface area contributed by atoms with Crippen LogP contribution in [-0.2, 0) is 0 Å². The lowest BCUT2D eigenvalue weighted by Crippen LogP contribution is -1.88. The smallest absolute Gasteiger partial charge is 0.231 e. The monoisotopic (exact) mass is 212 g/mol. The van der Waals surface area contributed by atoms with Crippen LogP contribution in [0.25, 0.3) is 11.1 Å². The second-order valence-electron chi connectivity index (χ2n) is 2.69. The molecule has 72 valence electrons. The van der Waals surface area contributed by atoms with Gasteiger partial charge in [-0.25, -0.2) is 4.39 Å². The van der Waals surface area contributed by atoms with Crippen LogP contribution in [0.1, 0.15) is 0 Å². The number of nitrogens with two attached hydrogens (primary N) is 1. The van der Waals surface area contributed by atoms with Crippen LogP contribution in [0.2, 0.25) is 5.15 Å². The van der Waals surface area contributed by atoms with Crippen LogP contribution in [0.5, 0.6) is 0 Å². The van der Waals surface area contributed by atoms with Gasteiger partial charge in [-0.05, 0) is 6.07 Å². The fraction of sp³-hybridized carbons (Fsp3) is 0. The molecule has 0 amide bonds. The molecule has 3 nitrogen and oxygen atoms in total. The SMILES string of the molecule is Nc1onc(Cl)c1-c1ccccc1F. The molecule has 5 heteroatoms. The first-order chi connectivity index (χ1) is 6.70. The molecule has 0 saturated heterocycles. The van der Waals surface area contributed by atoms with E-state index in [9.17, 15) is 4.39 Å². The van der Waals surface area contributed by atoms with Gasteiger partial charge in [-0.15, -0.1) is 0 Å². The molecular formula is C9H6ClFN2O. The van der Waals surface area contributed by atoms with E-state index in [1.54, 1.807) is 18.2 Å². The van der Waals surface area contributed by atoms with Crippen molar-refractivity contribution in [2.45, 2.75) is 0 Å². The Hall–Kier alpha value is -1.55. The molecule has 0 fully saturated rings. The van der Waals surface area contributed by atoms with Gasteiger partial charge in [0.25, 0.3) is 0 Å². The fourth-order valence-corrected chi connectivity index (χ4v) is 1.42. The largest absolute Gasteiger partial charge is 0.367 e. The first-order valence-corrected chi connectivity index (χ1v) is 4.23. The number of aromatic nitrogens is 1. The van der Waals surface area contributed by atoms with E-state index in [1.165, 1.54) is 6.07 Å². The number of benzene rings is 1. The number of nitrogens with zero attached hydrogens (tertiary/aromatic N) is 1. The normalized spacial score (nSPS) is 10.4. The lowest BCUT2D eigenvalue weighted by molar-refractivity contribution is 0.437. The second kappa shape index (κ2) is 3.31. The van der Waals surface area contributed by atoms with Crippen LogP contribution in [-0.4, -0.2) is 5.16 Å². The quantitative estimate of drug-likeness (QED) is 0.791. The van der Waals surface area contributed by atoms with Crippen molar-refractivity contribution in [1.82, 2.24) is 5.16 Å². The number of anilines is 1. The van der Waals surface area contributed by atoms with E-state index >= 15 is 0 Å². The summed E-state index contributed by atoms with van der Waals surface area (Å²) in [6.45, 7) is 0. The van der Waals surface area contributed by atoms with Crippen molar-refractivity contribution in [2.75, 3.05) is 5.73 Å². The van der Waals surface area contributed by atoms with Gasteiger partial charge >= 0.3 is 0 Å². The molecule has 0 saturated carbocycles. The standard InChI is InChI=1S/C9H6ClFN2O/c10-8-7(9(12)14-13-8)5-3-1-2-4-6(5)11/h1-4H,12H2. The molecule has 2 N–H and O–H groups in total. The summed E-state index contributed by atoms with van der Waals surface area (Å²) in [6, 6.07) is 6.14. The van der Waals surface area contributed by atoms with Gasteiger partial charge in [0, 0.05) is 5.56 Å². The molecule has 0 atom stereocenters. The van der Waals surface area contributed by atoms with E-state index in [0.29, 0.717) is 5.56 Å². The Bertz CT molecular complexity index is 450. The Labute approximate surface area is 84.3 Å². The Morgan fingerprint density at radius 3 is 2.64 bits per heavy atom. The van der Waals surface area contributed by atoms with Crippen LogP contribution in [0, 0.1) is 5.82 Å². The topological polar surface area (TPSA) is 52.0 Å². The average molecular weight is 213 g/mol. The summed E-state index contributed by atoms with van der Waals surface area (Å²) in [5, 5.41) is 3.50. The molecule has 0 spiro atoms. The van der Waals surface area contributed by atoms with Gasteiger partial charge in [-0.2, -0.15) is 0 Å². The molecule has 0 aliphatic heterocycles. The lowest BCUT2D eigenvalue weighted by Gasteiger charge is -1.99. The van der Waals surface area contributed by atoms with E-state index in [-0.39, 0.29) is 16.6 Å². The first kappa shape index (κ1) is 9.02. The fourth-order valence-electron chi connectivity index (χ4n) is 1.19. The molecule has 2 aromatic rings. The van der Waals surface area contributed by atoms with Gasteiger partial charge < -0.3 is 10.3 Å². The molecule has 0 bridgehead atoms. The minimum atomic E-state index is -0.413. The second-order valence-corrected chi connectivity index (χ2v) is 3.05. The highest BCUT2D eigenvalue weighted by molar-refractivity contribution is 6.32. The van der Waals surface area contributed by atoms with Gasteiger partial charge in [0.05, 0.1) is 5.56 Å². The molecule has 14 heavy (non-hydrogen) atoms. The number of hydrogen-bond acceptors (Lipinski definition) is 3. The molecule has 1 heterocycles. The predicted octanol–water partition coefficient (Wildman–Crippen LogP) is 2.72. The molecule has 0 aliphatic carbocycles. The predicted molar refractivity (Wildman–Crippen MR) is 51.3 cm³/mol. The lowest BCUT2D eigenvalue weighted by atomic mass is 10.1. The van der Waals surface area contributed by atoms with Crippen LogP contribution in [0.4, 0.5) is 10.3 Å². The Balaban J connectivity index is 2.66. The molecule has 1 aromatic carbocycles. The summed E-state index contributed by atoms with van der Waals surface area (Å²) in [4.78, 5) is 0. The van der Waals surface area contributed by atoms with Crippen molar-refractivity contribution in [2.24, 2.45) is 0 Å². The van der Waals surface area contributed by atoms with Crippen LogP contribution >= 0.6 is 11.6 Å². The third kappa shape index (κ3) is 1.33. The molecule has 1 aromatic heterocycles. The summed E-state index contributed by atoms with van der Waals surface area (Å²) >= 11 is 5.70.